The lowest BCUT2D eigenvalue weighted by Crippen LogP contribution is -2.51. The summed E-state index contributed by atoms with van der Waals surface area (Å²) in [6.45, 7) is 13.9. The lowest BCUT2D eigenvalue weighted by atomic mass is 9.86. The summed E-state index contributed by atoms with van der Waals surface area (Å²) < 4.78 is 39.3. The number of anilines is 1. The molecule has 38 heavy (non-hydrogen) atoms. The second-order valence-corrected chi connectivity index (χ2v) is 12.4. The standard InChI is InChI=1S/C27H35N5O5S/c1-16-7-8-17(2)24(13-16)30-9-11-31(12-10-30)27(33)23-15-32(14-22(23)25-18(3)28-36-20(25)5)38(34,35)26-19(4)29-37-21(26)6/h7-8,13,22-23H,9-12,14-15H2,1-6H3/t22-,23?/m1/s1. The van der Waals surface area contributed by atoms with E-state index in [-0.39, 0.29) is 35.6 Å². The van der Waals surface area contributed by atoms with E-state index >= 15 is 0 Å². The Morgan fingerprint density at radius 1 is 0.895 bits per heavy atom. The first-order chi connectivity index (χ1) is 18.0. The van der Waals surface area contributed by atoms with Gasteiger partial charge in [-0.05, 0) is 58.7 Å². The monoisotopic (exact) mass is 541 g/mol. The van der Waals surface area contributed by atoms with E-state index in [9.17, 15) is 13.2 Å². The van der Waals surface area contributed by atoms with Gasteiger partial charge in [0, 0.05) is 56.4 Å². The van der Waals surface area contributed by atoms with E-state index in [2.05, 4.69) is 47.3 Å². The number of carbonyl (C=O) groups is 1. The van der Waals surface area contributed by atoms with Crippen molar-refractivity contribution in [2.75, 3.05) is 44.2 Å². The molecule has 0 spiro atoms. The molecular weight excluding hydrogens is 506 g/mol. The molecule has 1 aromatic carbocycles. The highest BCUT2D eigenvalue weighted by Crippen LogP contribution is 2.40. The number of sulfonamides is 1. The Morgan fingerprint density at radius 3 is 2.16 bits per heavy atom. The molecular formula is C27H35N5O5S. The van der Waals surface area contributed by atoms with Gasteiger partial charge in [0.05, 0.1) is 11.6 Å². The van der Waals surface area contributed by atoms with Gasteiger partial charge in [-0.2, -0.15) is 4.31 Å². The van der Waals surface area contributed by atoms with Crippen molar-refractivity contribution in [2.24, 2.45) is 5.92 Å². The number of amides is 1. The van der Waals surface area contributed by atoms with Gasteiger partial charge >= 0.3 is 0 Å². The van der Waals surface area contributed by atoms with Crippen LogP contribution in [-0.4, -0.2) is 73.1 Å². The molecule has 204 valence electrons. The minimum atomic E-state index is -3.91. The summed E-state index contributed by atoms with van der Waals surface area (Å²) in [5, 5.41) is 7.93. The first-order valence-electron chi connectivity index (χ1n) is 13.0. The molecule has 0 saturated carbocycles. The first kappa shape index (κ1) is 26.4. The first-order valence-corrected chi connectivity index (χ1v) is 14.4. The zero-order valence-electron chi connectivity index (χ0n) is 22.8. The smallest absolute Gasteiger partial charge is 0.248 e. The molecule has 5 rings (SSSR count). The summed E-state index contributed by atoms with van der Waals surface area (Å²) in [6.07, 6.45) is 0. The van der Waals surface area contributed by atoms with Crippen molar-refractivity contribution in [3.05, 3.63) is 57.8 Å². The number of rotatable bonds is 5. The SMILES string of the molecule is Cc1ccc(C)c(N2CCN(C(=O)C3CN(S(=O)(=O)c4c(C)noc4C)C[C@H]3c3c(C)noc3C)CC2)c1. The van der Waals surface area contributed by atoms with Gasteiger partial charge in [-0.1, -0.05) is 22.4 Å². The Balaban J connectivity index is 1.40. The van der Waals surface area contributed by atoms with Crippen LogP contribution >= 0.6 is 0 Å². The zero-order chi connectivity index (χ0) is 27.4. The maximum absolute atomic E-state index is 14.0. The van der Waals surface area contributed by atoms with Gasteiger partial charge in [-0.25, -0.2) is 8.42 Å². The Kier molecular flexibility index (Phi) is 6.85. The third-order valence-electron chi connectivity index (χ3n) is 7.93. The molecule has 2 aliphatic rings. The van der Waals surface area contributed by atoms with E-state index in [1.54, 1.807) is 13.8 Å². The van der Waals surface area contributed by atoms with Crippen molar-refractivity contribution in [3.63, 3.8) is 0 Å². The van der Waals surface area contributed by atoms with Crippen LogP contribution in [0.1, 0.15) is 45.5 Å². The van der Waals surface area contributed by atoms with E-state index in [4.69, 9.17) is 9.05 Å². The average Bonchev–Trinajstić information content (AvgIpc) is 3.57. The largest absolute Gasteiger partial charge is 0.368 e. The second kappa shape index (κ2) is 9.85. The average molecular weight is 542 g/mol. The minimum absolute atomic E-state index is 0.0351. The fraction of sp³-hybridized carbons (Fsp3) is 0.519. The molecule has 1 unspecified atom stereocenters. The van der Waals surface area contributed by atoms with Crippen molar-refractivity contribution >= 4 is 21.6 Å². The molecule has 2 saturated heterocycles. The van der Waals surface area contributed by atoms with E-state index in [0.717, 1.165) is 18.7 Å². The number of nitrogens with zero attached hydrogens (tertiary/aromatic N) is 5. The van der Waals surface area contributed by atoms with Crippen LogP contribution in [-0.2, 0) is 14.8 Å². The fourth-order valence-electron chi connectivity index (χ4n) is 5.96. The van der Waals surface area contributed by atoms with Crippen LogP contribution in [0.5, 0.6) is 0 Å². The summed E-state index contributed by atoms with van der Waals surface area (Å²) >= 11 is 0. The molecule has 4 heterocycles. The quantitative estimate of drug-likeness (QED) is 0.484. The fourth-order valence-corrected chi connectivity index (χ4v) is 7.74. The van der Waals surface area contributed by atoms with Crippen LogP contribution in [0.2, 0.25) is 0 Å². The van der Waals surface area contributed by atoms with Gasteiger partial charge in [0.25, 0.3) is 0 Å². The number of aromatic nitrogens is 2. The second-order valence-electron chi connectivity index (χ2n) is 10.5. The molecule has 0 radical (unpaired) electrons. The molecule has 2 fully saturated rings. The normalized spacial score (nSPS) is 20.9. The van der Waals surface area contributed by atoms with Gasteiger partial charge in [0.1, 0.15) is 16.3 Å². The number of hydrogen-bond donors (Lipinski definition) is 0. The minimum Gasteiger partial charge on any atom is -0.368 e. The lowest BCUT2D eigenvalue weighted by molar-refractivity contribution is -0.135. The third-order valence-corrected chi connectivity index (χ3v) is 10.0. The van der Waals surface area contributed by atoms with E-state index in [1.807, 2.05) is 18.7 Å². The highest BCUT2D eigenvalue weighted by Gasteiger charge is 2.48. The molecule has 3 aromatic rings. The summed E-state index contributed by atoms with van der Waals surface area (Å²) in [5.41, 5.74) is 5.43. The molecule has 0 bridgehead atoms. The van der Waals surface area contributed by atoms with Gasteiger partial charge in [0.2, 0.25) is 15.9 Å². The van der Waals surface area contributed by atoms with Gasteiger partial charge in [-0.15, -0.1) is 0 Å². The van der Waals surface area contributed by atoms with Crippen LogP contribution in [0.15, 0.2) is 32.1 Å². The van der Waals surface area contributed by atoms with Crippen molar-refractivity contribution in [3.8, 4) is 0 Å². The number of carbonyl (C=O) groups excluding carboxylic acids is 1. The highest BCUT2D eigenvalue weighted by molar-refractivity contribution is 7.89. The van der Waals surface area contributed by atoms with Crippen LogP contribution < -0.4 is 4.90 Å². The third kappa shape index (κ3) is 4.51. The van der Waals surface area contributed by atoms with Crippen molar-refractivity contribution < 1.29 is 22.3 Å². The summed E-state index contributed by atoms with van der Waals surface area (Å²) in [5.74, 6) is -0.0854. The van der Waals surface area contributed by atoms with E-state index < -0.39 is 15.9 Å². The van der Waals surface area contributed by atoms with Crippen molar-refractivity contribution in [1.82, 2.24) is 19.5 Å². The predicted molar refractivity (Wildman–Crippen MR) is 142 cm³/mol. The van der Waals surface area contributed by atoms with Gasteiger partial charge < -0.3 is 18.8 Å². The number of hydrogen-bond acceptors (Lipinski definition) is 8. The maximum Gasteiger partial charge on any atom is 0.248 e. The Morgan fingerprint density at radius 2 is 1.55 bits per heavy atom. The number of piperazine rings is 1. The molecule has 2 aromatic heterocycles. The molecule has 11 heteroatoms. The molecule has 1 amide bonds. The molecule has 0 N–H and O–H groups in total. The highest BCUT2D eigenvalue weighted by atomic mass is 32.2. The summed E-state index contributed by atoms with van der Waals surface area (Å²) in [6, 6.07) is 6.42. The van der Waals surface area contributed by atoms with Crippen molar-refractivity contribution in [2.45, 2.75) is 52.4 Å². The Labute approximate surface area is 223 Å². The molecule has 2 aliphatic heterocycles. The van der Waals surface area contributed by atoms with Gasteiger partial charge in [0.15, 0.2) is 5.76 Å². The predicted octanol–water partition coefficient (Wildman–Crippen LogP) is 3.27. The topological polar surface area (TPSA) is 113 Å². The van der Waals surface area contributed by atoms with Crippen LogP contribution in [0.4, 0.5) is 5.69 Å². The van der Waals surface area contributed by atoms with Crippen LogP contribution in [0, 0.1) is 47.5 Å². The molecule has 0 aliphatic carbocycles. The van der Waals surface area contributed by atoms with Crippen LogP contribution in [0.25, 0.3) is 0 Å². The maximum atomic E-state index is 14.0. The van der Waals surface area contributed by atoms with Crippen molar-refractivity contribution in [1.29, 1.82) is 0 Å². The van der Waals surface area contributed by atoms with E-state index in [1.165, 1.54) is 21.1 Å². The summed E-state index contributed by atoms with van der Waals surface area (Å²) in [4.78, 5) is 18.3. The van der Waals surface area contributed by atoms with Crippen LogP contribution in [0.3, 0.4) is 0 Å². The zero-order valence-corrected chi connectivity index (χ0v) is 23.6. The lowest BCUT2D eigenvalue weighted by Gasteiger charge is -2.38. The Hall–Kier alpha value is -3.18. The number of benzene rings is 1. The number of aryl methyl sites for hydroxylation is 6. The Bertz CT molecular complexity index is 1430. The molecule has 10 nitrogen and oxygen atoms in total. The van der Waals surface area contributed by atoms with Gasteiger partial charge in [-0.3, -0.25) is 4.79 Å². The molecule has 2 atom stereocenters. The van der Waals surface area contributed by atoms with E-state index in [0.29, 0.717) is 30.2 Å². The summed E-state index contributed by atoms with van der Waals surface area (Å²) in [7, 11) is -3.91.